The Morgan fingerprint density at radius 2 is 0.959 bits per heavy atom. The third-order valence-corrected chi connectivity index (χ3v) is 8.98. The number of rotatable bonds is 4. The molecule has 228 valence electrons. The molecule has 1 heterocycles. The van der Waals surface area contributed by atoms with Crippen LogP contribution in [0.1, 0.15) is 19.2 Å². The predicted molar refractivity (Wildman–Crippen MR) is 208 cm³/mol. The summed E-state index contributed by atoms with van der Waals surface area (Å²) in [6.07, 6.45) is 0. The maximum Gasteiger partial charge on any atom is 0.136 e. The largest absolute Gasteiger partial charge is 0.456 e. The summed E-state index contributed by atoms with van der Waals surface area (Å²) in [4.78, 5) is 0. The molecule has 0 spiro atoms. The fourth-order valence-corrected chi connectivity index (χ4v) is 6.85. The van der Waals surface area contributed by atoms with Gasteiger partial charge in [-0.05, 0) is 107 Å². The number of furan rings is 1. The third-order valence-electron chi connectivity index (χ3n) is 8.98. The van der Waals surface area contributed by atoms with Gasteiger partial charge in [-0.2, -0.15) is 0 Å². The minimum Gasteiger partial charge on any atom is -0.456 e. The first-order chi connectivity index (χ1) is 30.1. The first-order valence-corrected chi connectivity index (χ1v) is 15.7. The Morgan fingerprint density at radius 3 is 1.65 bits per heavy atom. The van der Waals surface area contributed by atoms with Crippen LogP contribution < -0.4 is 0 Å². The van der Waals surface area contributed by atoms with E-state index in [-0.39, 0.29) is 74.0 Å². The number of fused-ring (bicyclic) bond motifs is 6. The van der Waals surface area contributed by atoms with Crippen LogP contribution in [-0.4, -0.2) is 0 Å². The van der Waals surface area contributed by atoms with Crippen molar-refractivity contribution in [1.29, 1.82) is 0 Å². The van der Waals surface area contributed by atoms with Crippen molar-refractivity contribution >= 4 is 54.3 Å². The van der Waals surface area contributed by atoms with Gasteiger partial charge in [0.25, 0.3) is 0 Å². The summed E-state index contributed by atoms with van der Waals surface area (Å²) < 4.78 is 129. The van der Waals surface area contributed by atoms with Crippen LogP contribution in [0.25, 0.3) is 98.8 Å². The van der Waals surface area contributed by atoms with Crippen molar-refractivity contribution in [3.8, 4) is 44.5 Å². The zero-order valence-electron chi connectivity index (χ0n) is 39.6. The van der Waals surface area contributed by atoms with E-state index < -0.39 is 54.4 Å². The predicted octanol–water partition coefficient (Wildman–Crippen LogP) is 13.7. The molecule has 0 aliphatic rings. The van der Waals surface area contributed by atoms with Crippen LogP contribution in [0.2, 0.25) is 0 Å². The standard InChI is InChI=1S/C48H30O/c1-3-13-31(14-4-1)37-25-23-35(28-42(37)32-15-5-2-6-16-32)47-38-19-9-11-21-40(38)48(41-22-12-10-20-39(41)47)36-24-26-45-43(29-36)44-27-33-17-7-8-18-34(33)30-46(44)49-45/h1-30H/i1D,3D,4D,7D,8D,13D,14D,17D,18D,24D,26D,27D,29D,30D. The average Bonchev–Trinajstić information content (AvgIpc) is 3.72. The molecule has 0 aliphatic heterocycles. The molecule has 0 unspecified atom stereocenters. The Hall–Kier alpha value is -6.44. The van der Waals surface area contributed by atoms with Gasteiger partial charge in [0.2, 0.25) is 0 Å². The molecule has 0 radical (unpaired) electrons. The van der Waals surface area contributed by atoms with Gasteiger partial charge < -0.3 is 4.42 Å². The van der Waals surface area contributed by atoms with E-state index in [1.54, 1.807) is 6.07 Å². The topological polar surface area (TPSA) is 13.1 Å². The van der Waals surface area contributed by atoms with Gasteiger partial charge in [-0.15, -0.1) is 0 Å². The second-order valence-electron chi connectivity index (χ2n) is 11.7. The molecule has 0 bridgehead atoms. The SMILES string of the molecule is [2H]c1c([2H])c([2H])c(-c2ccc(-c3c4ccccc4c(-c4c([2H])c([2H])c5oc6c([2H])c7c([2H])c([2H])c([2H])c([2H])c7c([2H])c6c5c4[2H])c4ccccc34)cc2-c2ccccc2)c([2H])c1[2H]. The summed E-state index contributed by atoms with van der Waals surface area (Å²) in [6.45, 7) is 0. The van der Waals surface area contributed by atoms with E-state index in [9.17, 15) is 5.48 Å². The van der Waals surface area contributed by atoms with Crippen molar-refractivity contribution in [2.45, 2.75) is 0 Å². The zero-order chi connectivity index (χ0) is 44.5. The highest BCUT2D eigenvalue weighted by Crippen LogP contribution is 2.46. The molecule has 1 aromatic heterocycles. The molecule has 0 aliphatic carbocycles. The van der Waals surface area contributed by atoms with E-state index in [2.05, 4.69) is 0 Å². The van der Waals surface area contributed by atoms with Crippen LogP contribution >= 0.6 is 0 Å². The zero-order valence-corrected chi connectivity index (χ0v) is 25.6. The first-order valence-electron chi connectivity index (χ1n) is 22.7. The Balaban J connectivity index is 1.30. The third kappa shape index (κ3) is 4.47. The molecule has 1 heteroatoms. The Morgan fingerprint density at radius 1 is 0.367 bits per heavy atom. The number of hydrogen-bond donors (Lipinski definition) is 0. The van der Waals surface area contributed by atoms with Crippen LogP contribution in [0.4, 0.5) is 0 Å². The lowest BCUT2D eigenvalue weighted by Crippen LogP contribution is -1.92. The van der Waals surface area contributed by atoms with Gasteiger partial charge in [-0.25, -0.2) is 0 Å². The summed E-state index contributed by atoms with van der Waals surface area (Å²) >= 11 is 0. The van der Waals surface area contributed by atoms with Crippen molar-refractivity contribution in [1.82, 2.24) is 0 Å². The lowest BCUT2D eigenvalue weighted by Gasteiger charge is -2.19. The van der Waals surface area contributed by atoms with Gasteiger partial charge in [0, 0.05) is 10.8 Å². The van der Waals surface area contributed by atoms with Gasteiger partial charge in [0.05, 0.1) is 19.2 Å². The molecular weight excluding hydrogens is 593 g/mol. The van der Waals surface area contributed by atoms with Gasteiger partial charge in [-0.1, -0.05) is 151 Å². The van der Waals surface area contributed by atoms with Gasteiger partial charge in [-0.3, -0.25) is 0 Å². The lowest BCUT2D eigenvalue weighted by atomic mass is 9.84. The second kappa shape index (κ2) is 11.1. The normalized spacial score (nSPS) is 15.7. The molecular formula is C48H30O. The van der Waals surface area contributed by atoms with Crippen LogP contribution in [0.15, 0.2) is 186 Å². The highest BCUT2D eigenvalue weighted by Gasteiger charge is 2.19. The van der Waals surface area contributed by atoms with E-state index in [0.29, 0.717) is 27.5 Å². The molecule has 10 aromatic rings. The molecule has 10 rings (SSSR count). The summed E-state index contributed by atoms with van der Waals surface area (Å²) in [5.41, 5.74) is 3.49. The van der Waals surface area contributed by atoms with Gasteiger partial charge in [0.1, 0.15) is 11.2 Å². The molecule has 0 amide bonds. The van der Waals surface area contributed by atoms with E-state index in [1.807, 2.05) is 91.0 Å². The average molecular weight is 637 g/mol. The van der Waals surface area contributed by atoms with Crippen molar-refractivity contribution in [3.63, 3.8) is 0 Å². The molecule has 0 saturated carbocycles. The number of hydrogen-bond acceptors (Lipinski definition) is 1. The second-order valence-corrected chi connectivity index (χ2v) is 11.7. The van der Waals surface area contributed by atoms with Crippen LogP contribution in [-0.2, 0) is 0 Å². The maximum atomic E-state index is 9.81. The monoisotopic (exact) mass is 636 g/mol. The van der Waals surface area contributed by atoms with E-state index in [0.717, 1.165) is 27.5 Å². The summed E-state index contributed by atoms with van der Waals surface area (Å²) in [5.74, 6) is 0. The van der Waals surface area contributed by atoms with E-state index in [1.165, 1.54) is 0 Å². The molecule has 1 nitrogen and oxygen atoms in total. The molecule has 0 N–H and O–H groups in total. The molecule has 0 saturated heterocycles. The summed E-state index contributed by atoms with van der Waals surface area (Å²) in [5, 5.41) is 2.18. The molecule has 0 fully saturated rings. The van der Waals surface area contributed by atoms with Crippen molar-refractivity contribution in [2.24, 2.45) is 0 Å². The highest BCUT2D eigenvalue weighted by atomic mass is 16.3. The van der Waals surface area contributed by atoms with Crippen molar-refractivity contribution in [2.75, 3.05) is 0 Å². The maximum absolute atomic E-state index is 9.81. The Labute approximate surface area is 304 Å². The Kier molecular flexibility index (Phi) is 3.87. The number of benzene rings is 9. The fourth-order valence-electron chi connectivity index (χ4n) is 6.85. The van der Waals surface area contributed by atoms with Gasteiger partial charge in [0.15, 0.2) is 0 Å². The van der Waals surface area contributed by atoms with Gasteiger partial charge >= 0.3 is 0 Å². The van der Waals surface area contributed by atoms with Crippen LogP contribution in [0.5, 0.6) is 0 Å². The molecule has 49 heavy (non-hydrogen) atoms. The van der Waals surface area contributed by atoms with Crippen LogP contribution in [0.3, 0.4) is 0 Å². The lowest BCUT2D eigenvalue weighted by molar-refractivity contribution is 0.669. The highest BCUT2D eigenvalue weighted by molar-refractivity contribution is 6.22. The molecule has 0 atom stereocenters. The minimum absolute atomic E-state index is 0.0261. The quantitative estimate of drug-likeness (QED) is 0.175. The fraction of sp³-hybridized carbons (Fsp3) is 0. The molecule has 9 aromatic carbocycles. The van der Waals surface area contributed by atoms with E-state index >= 15 is 0 Å². The first kappa shape index (κ1) is 17.1. The van der Waals surface area contributed by atoms with E-state index in [4.69, 9.17) is 18.1 Å². The van der Waals surface area contributed by atoms with Crippen molar-refractivity contribution in [3.05, 3.63) is 182 Å². The van der Waals surface area contributed by atoms with Crippen LogP contribution in [0, 0.1) is 0 Å². The van der Waals surface area contributed by atoms with Crippen molar-refractivity contribution < 1.29 is 23.6 Å². The minimum atomic E-state index is -0.577. The summed E-state index contributed by atoms with van der Waals surface area (Å²) in [7, 11) is 0. The summed E-state index contributed by atoms with van der Waals surface area (Å²) in [6, 6.07) is 23.9. The smallest absolute Gasteiger partial charge is 0.136 e. The Bertz CT molecular complexity index is 3590.